The van der Waals surface area contributed by atoms with Crippen LogP contribution < -0.4 is 20.8 Å². The van der Waals surface area contributed by atoms with E-state index in [-0.39, 0.29) is 28.3 Å². The molecule has 228 valence electrons. The second-order valence-electron chi connectivity index (χ2n) is 9.84. The number of rotatable bonds is 10. The van der Waals surface area contributed by atoms with Gasteiger partial charge in [0.25, 0.3) is 11.8 Å². The van der Waals surface area contributed by atoms with Crippen LogP contribution in [0.1, 0.15) is 27.0 Å². The Bertz CT molecular complexity index is 1850. The molecule has 0 radical (unpaired) electrons. The molecule has 4 aromatic carbocycles. The van der Waals surface area contributed by atoms with Crippen molar-refractivity contribution in [3.8, 4) is 17.0 Å². The summed E-state index contributed by atoms with van der Waals surface area (Å²) in [6.45, 7) is 3.62. The van der Waals surface area contributed by atoms with Crippen LogP contribution in [-0.2, 0) is 4.79 Å². The number of aromatic nitrogens is 1. The molecule has 45 heavy (non-hydrogen) atoms. The molecule has 1 heterocycles. The van der Waals surface area contributed by atoms with E-state index in [0.717, 1.165) is 33.2 Å². The molecule has 2 amide bonds. The van der Waals surface area contributed by atoms with E-state index < -0.39 is 5.91 Å². The number of aryl methyl sites for hydroxylation is 1. The summed E-state index contributed by atoms with van der Waals surface area (Å²) in [5.74, 6) is -0.573. The van der Waals surface area contributed by atoms with Crippen LogP contribution in [0, 0.1) is 13.8 Å². The van der Waals surface area contributed by atoms with E-state index in [0.29, 0.717) is 21.8 Å². The Hall–Kier alpha value is -4.41. The second-order valence-corrected chi connectivity index (χ2v) is 12.0. The van der Waals surface area contributed by atoms with Gasteiger partial charge in [-0.3, -0.25) is 9.59 Å². The van der Waals surface area contributed by atoms with Crippen LogP contribution in [0.25, 0.3) is 11.3 Å². The fourth-order valence-electron chi connectivity index (χ4n) is 4.15. The number of hydrogen-bond donors (Lipinski definition) is 3. The molecule has 0 aliphatic heterocycles. The number of nitrogens with zero attached hydrogens (tertiary/aromatic N) is 2. The normalized spacial score (nSPS) is 11.0. The summed E-state index contributed by atoms with van der Waals surface area (Å²) in [4.78, 5) is 29.7. The van der Waals surface area contributed by atoms with Gasteiger partial charge in [0, 0.05) is 32.9 Å². The van der Waals surface area contributed by atoms with Crippen molar-refractivity contribution in [3.05, 3.63) is 122 Å². The van der Waals surface area contributed by atoms with Crippen LogP contribution in [0.15, 0.2) is 89.3 Å². The van der Waals surface area contributed by atoms with E-state index in [1.807, 2.05) is 61.7 Å². The highest BCUT2D eigenvalue weighted by molar-refractivity contribution is 7.14. The number of carbonyl (C=O) groups is 2. The Balaban J connectivity index is 1.14. The van der Waals surface area contributed by atoms with Crippen LogP contribution in [0.2, 0.25) is 15.1 Å². The fraction of sp³-hybridized carbons (Fsp3) is 0.0909. The van der Waals surface area contributed by atoms with Gasteiger partial charge in [-0.1, -0.05) is 59.1 Å². The van der Waals surface area contributed by atoms with E-state index in [4.69, 9.17) is 39.5 Å². The number of nitrogens with one attached hydrogen (secondary N) is 3. The van der Waals surface area contributed by atoms with Crippen LogP contribution in [0.5, 0.6) is 5.75 Å². The first-order valence-electron chi connectivity index (χ1n) is 13.6. The molecule has 0 spiro atoms. The third-order valence-electron chi connectivity index (χ3n) is 6.67. The summed E-state index contributed by atoms with van der Waals surface area (Å²) in [6, 6.07) is 23.2. The maximum atomic E-state index is 12.7. The number of amides is 2. The standard InChI is InChI=1S/C33H26Cl3N5O3S/c1-19-4-3-5-28(20(19)2)39-30(42)17-44-31-26(35)14-21(15-27(31)36)16-37-41-32(43)23-8-6-22(7-9-23)29-18-45-33(40-29)38-25-12-10-24(34)11-13-25/h3-16,18H,17H2,1-2H3,(H,38,40)(H,39,42)(H,41,43)/b37-16-. The van der Waals surface area contributed by atoms with Gasteiger partial charge >= 0.3 is 0 Å². The molecule has 5 aromatic rings. The summed E-state index contributed by atoms with van der Waals surface area (Å²) < 4.78 is 5.60. The minimum atomic E-state index is -0.395. The van der Waals surface area contributed by atoms with Crippen molar-refractivity contribution < 1.29 is 14.3 Å². The summed E-state index contributed by atoms with van der Waals surface area (Å²) in [7, 11) is 0. The Morgan fingerprint density at radius 2 is 1.67 bits per heavy atom. The lowest BCUT2D eigenvalue weighted by Gasteiger charge is -2.13. The summed E-state index contributed by atoms with van der Waals surface area (Å²) >= 11 is 20.2. The Morgan fingerprint density at radius 3 is 2.38 bits per heavy atom. The van der Waals surface area contributed by atoms with Gasteiger partial charge in [-0.2, -0.15) is 5.10 Å². The Morgan fingerprint density at radius 1 is 0.956 bits per heavy atom. The van der Waals surface area contributed by atoms with Crippen molar-refractivity contribution in [2.75, 3.05) is 17.2 Å². The first-order chi connectivity index (χ1) is 21.7. The molecule has 0 atom stereocenters. The zero-order valence-corrected chi connectivity index (χ0v) is 27.1. The van der Waals surface area contributed by atoms with Crippen LogP contribution >= 0.6 is 46.1 Å². The molecular weight excluding hydrogens is 653 g/mol. The quantitative estimate of drug-likeness (QED) is 0.101. The van der Waals surface area contributed by atoms with Crippen LogP contribution in [-0.4, -0.2) is 29.6 Å². The molecule has 0 aliphatic carbocycles. The largest absolute Gasteiger partial charge is 0.481 e. The predicted octanol–water partition coefficient (Wildman–Crippen LogP) is 8.91. The Labute approximate surface area is 279 Å². The van der Waals surface area contributed by atoms with Gasteiger partial charge in [0.1, 0.15) is 0 Å². The van der Waals surface area contributed by atoms with Crippen molar-refractivity contribution in [2.45, 2.75) is 13.8 Å². The second kappa shape index (κ2) is 14.6. The zero-order valence-electron chi connectivity index (χ0n) is 24.0. The molecule has 12 heteroatoms. The number of carbonyl (C=O) groups excluding carboxylic acids is 2. The molecule has 5 rings (SSSR count). The molecule has 0 fully saturated rings. The smallest absolute Gasteiger partial charge is 0.271 e. The van der Waals surface area contributed by atoms with Gasteiger partial charge in [0.05, 0.1) is 22.0 Å². The SMILES string of the molecule is Cc1cccc(NC(=O)COc2c(Cl)cc(/C=N\NC(=O)c3ccc(-c4csc(Nc5ccc(Cl)cc5)n4)cc3)cc2Cl)c1C. The average molecular weight is 679 g/mol. The molecular formula is C33H26Cl3N5O3S. The number of halogens is 3. The van der Waals surface area contributed by atoms with E-state index in [9.17, 15) is 9.59 Å². The Kier molecular flexibility index (Phi) is 10.4. The van der Waals surface area contributed by atoms with Gasteiger partial charge in [0.15, 0.2) is 17.5 Å². The van der Waals surface area contributed by atoms with Crippen molar-refractivity contribution in [2.24, 2.45) is 5.10 Å². The van der Waals surface area contributed by atoms with Crippen LogP contribution in [0.3, 0.4) is 0 Å². The number of benzene rings is 4. The first-order valence-corrected chi connectivity index (χ1v) is 15.6. The highest BCUT2D eigenvalue weighted by Gasteiger charge is 2.13. The average Bonchev–Trinajstić information content (AvgIpc) is 3.49. The number of ether oxygens (including phenoxy) is 1. The topological polar surface area (TPSA) is 105 Å². The molecule has 0 saturated carbocycles. The van der Waals surface area contributed by atoms with E-state index >= 15 is 0 Å². The summed E-state index contributed by atoms with van der Waals surface area (Å²) in [5, 5.41) is 13.8. The molecule has 0 bridgehead atoms. The maximum Gasteiger partial charge on any atom is 0.271 e. The molecule has 1 aromatic heterocycles. The third-order valence-corrected chi connectivity index (χ3v) is 8.24. The fourth-order valence-corrected chi connectivity index (χ4v) is 5.62. The minimum Gasteiger partial charge on any atom is -0.481 e. The van der Waals surface area contributed by atoms with E-state index in [2.05, 4.69) is 26.1 Å². The van der Waals surface area contributed by atoms with Crippen molar-refractivity contribution in [1.82, 2.24) is 10.4 Å². The molecule has 0 saturated heterocycles. The molecule has 3 N–H and O–H groups in total. The number of hydrogen-bond acceptors (Lipinski definition) is 7. The van der Waals surface area contributed by atoms with Gasteiger partial charge < -0.3 is 15.4 Å². The van der Waals surface area contributed by atoms with Crippen molar-refractivity contribution >= 4 is 80.7 Å². The first kappa shape index (κ1) is 32.0. The van der Waals surface area contributed by atoms with Gasteiger partial charge in [-0.25, -0.2) is 10.4 Å². The van der Waals surface area contributed by atoms with Gasteiger partial charge in [-0.05, 0) is 85.1 Å². The van der Waals surface area contributed by atoms with Crippen LogP contribution in [0.4, 0.5) is 16.5 Å². The summed E-state index contributed by atoms with van der Waals surface area (Å²) in [5.41, 5.74) is 8.73. The van der Waals surface area contributed by atoms with Gasteiger partial charge in [0.2, 0.25) is 0 Å². The predicted molar refractivity (Wildman–Crippen MR) is 184 cm³/mol. The number of hydrazone groups is 1. The number of thiazole rings is 1. The molecule has 0 aliphatic rings. The van der Waals surface area contributed by atoms with E-state index in [1.54, 1.807) is 36.4 Å². The monoisotopic (exact) mass is 677 g/mol. The van der Waals surface area contributed by atoms with E-state index in [1.165, 1.54) is 17.6 Å². The summed E-state index contributed by atoms with van der Waals surface area (Å²) in [6.07, 6.45) is 1.41. The molecule has 8 nitrogen and oxygen atoms in total. The molecule has 0 unspecified atom stereocenters. The maximum absolute atomic E-state index is 12.7. The number of anilines is 3. The minimum absolute atomic E-state index is 0.170. The zero-order chi connectivity index (χ0) is 31.9. The highest BCUT2D eigenvalue weighted by atomic mass is 35.5. The van der Waals surface area contributed by atoms with Crippen molar-refractivity contribution in [3.63, 3.8) is 0 Å². The lowest BCUT2D eigenvalue weighted by Crippen LogP contribution is -2.21. The van der Waals surface area contributed by atoms with Gasteiger partial charge in [-0.15, -0.1) is 11.3 Å². The lowest BCUT2D eigenvalue weighted by atomic mass is 10.1. The lowest BCUT2D eigenvalue weighted by molar-refractivity contribution is -0.118. The third kappa shape index (κ3) is 8.40. The van der Waals surface area contributed by atoms with Crippen molar-refractivity contribution in [1.29, 1.82) is 0 Å². The highest BCUT2D eigenvalue weighted by Crippen LogP contribution is 2.34.